The van der Waals surface area contributed by atoms with E-state index in [2.05, 4.69) is 0 Å². The number of aliphatic hydroxyl groups is 2. The molecule has 104 valence electrons. The van der Waals surface area contributed by atoms with Crippen LogP contribution in [0.25, 0.3) is 0 Å². The molecule has 6 heteroatoms. The van der Waals surface area contributed by atoms with Crippen LogP contribution in [-0.4, -0.2) is 47.2 Å². The summed E-state index contributed by atoms with van der Waals surface area (Å²) in [6.07, 6.45) is -2.34. The third kappa shape index (κ3) is 3.15. The lowest BCUT2D eigenvalue weighted by atomic mass is 10.2. The zero-order valence-corrected chi connectivity index (χ0v) is 10.7. The molecule has 1 aliphatic rings. The van der Waals surface area contributed by atoms with Crippen molar-refractivity contribution in [3.05, 3.63) is 29.8 Å². The lowest BCUT2D eigenvalue weighted by Crippen LogP contribution is -2.39. The zero-order chi connectivity index (χ0) is 13.8. The van der Waals surface area contributed by atoms with Crippen LogP contribution in [-0.2, 0) is 11.3 Å². The van der Waals surface area contributed by atoms with Crippen LogP contribution in [0, 0.1) is 0 Å². The minimum Gasteiger partial charge on any atom is -0.497 e. The minimum atomic E-state index is -1.18. The third-order valence-corrected chi connectivity index (χ3v) is 3.09. The number of benzene rings is 1. The van der Waals surface area contributed by atoms with Gasteiger partial charge >= 0.3 is 6.09 Å². The second-order valence-corrected chi connectivity index (χ2v) is 4.37. The van der Waals surface area contributed by atoms with Crippen molar-refractivity contribution in [3.8, 4) is 5.75 Å². The Bertz CT molecular complexity index is 433. The predicted molar refractivity (Wildman–Crippen MR) is 66.5 cm³/mol. The van der Waals surface area contributed by atoms with Crippen molar-refractivity contribution in [2.45, 2.75) is 25.4 Å². The average Bonchev–Trinajstić information content (AvgIpc) is 2.77. The van der Waals surface area contributed by atoms with Crippen LogP contribution in [0.2, 0.25) is 0 Å². The summed E-state index contributed by atoms with van der Waals surface area (Å²) in [5, 5.41) is 18.9. The molecular weight excluding hydrogens is 250 g/mol. The number of ether oxygens (including phenoxy) is 2. The maximum absolute atomic E-state index is 11.7. The Hall–Kier alpha value is -1.79. The van der Waals surface area contributed by atoms with Crippen molar-refractivity contribution in [3.63, 3.8) is 0 Å². The topological polar surface area (TPSA) is 79.2 Å². The number of hydrogen-bond donors (Lipinski definition) is 2. The predicted octanol–water partition coefficient (Wildman–Crippen LogP) is 0.717. The first kappa shape index (κ1) is 13.6. The summed E-state index contributed by atoms with van der Waals surface area (Å²) in [4.78, 5) is 12.8. The summed E-state index contributed by atoms with van der Waals surface area (Å²) in [5.41, 5.74) is 0.823. The number of nitrogens with zero attached hydrogens (tertiary/aromatic N) is 1. The molecule has 1 heterocycles. The van der Waals surface area contributed by atoms with Gasteiger partial charge < -0.3 is 19.7 Å². The van der Waals surface area contributed by atoms with E-state index in [1.165, 1.54) is 0 Å². The van der Waals surface area contributed by atoms with E-state index in [9.17, 15) is 15.0 Å². The van der Waals surface area contributed by atoms with Crippen molar-refractivity contribution in [2.75, 3.05) is 13.7 Å². The average molecular weight is 267 g/mol. The molecule has 1 saturated heterocycles. The number of methoxy groups -OCH3 is 1. The van der Waals surface area contributed by atoms with Crippen molar-refractivity contribution in [1.82, 2.24) is 4.90 Å². The van der Waals surface area contributed by atoms with Gasteiger partial charge in [0.1, 0.15) is 18.5 Å². The number of hydrogen-bond acceptors (Lipinski definition) is 5. The lowest BCUT2D eigenvalue weighted by Gasteiger charge is -2.20. The Morgan fingerprint density at radius 1 is 1.37 bits per heavy atom. The molecule has 0 aromatic heterocycles. The fraction of sp³-hybridized carbons (Fsp3) is 0.462. The van der Waals surface area contributed by atoms with E-state index in [-0.39, 0.29) is 6.61 Å². The Morgan fingerprint density at radius 2 is 2.05 bits per heavy atom. The molecule has 2 rings (SSSR count). The lowest BCUT2D eigenvalue weighted by molar-refractivity contribution is -0.0340. The first-order chi connectivity index (χ1) is 9.11. The number of aliphatic hydroxyl groups excluding tert-OH is 2. The molecule has 0 radical (unpaired) electrons. The van der Waals surface area contributed by atoms with Crippen LogP contribution in [0.3, 0.4) is 0 Å². The van der Waals surface area contributed by atoms with E-state index >= 15 is 0 Å². The molecule has 1 amide bonds. The smallest absolute Gasteiger partial charge is 0.412 e. The van der Waals surface area contributed by atoms with E-state index < -0.39 is 18.4 Å². The highest BCUT2D eigenvalue weighted by atomic mass is 16.6. The van der Waals surface area contributed by atoms with E-state index in [0.717, 1.165) is 16.2 Å². The van der Waals surface area contributed by atoms with Gasteiger partial charge in [-0.3, -0.25) is 4.90 Å². The van der Waals surface area contributed by atoms with Gasteiger partial charge in [-0.05, 0) is 24.1 Å². The van der Waals surface area contributed by atoms with Crippen LogP contribution in [0.5, 0.6) is 5.75 Å². The molecule has 0 saturated carbocycles. The Kier molecular flexibility index (Phi) is 4.24. The highest BCUT2D eigenvalue weighted by Gasteiger charge is 2.35. The number of rotatable bonds is 3. The van der Waals surface area contributed by atoms with Gasteiger partial charge in [0, 0.05) is 6.54 Å². The Labute approximate surface area is 111 Å². The van der Waals surface area contributed by atoms with Gasteiger partial charge in [0.05, 0.1) is 7.11 Å². The molecule has 0 aliphatic carbocycles. The summed E-state index contributed by atoms with van der Waals surface area (Å²) in [6.45, 7) is 0.409. The quantitative estimate of drug-likeness (QED) is 0.843. The molecule has 1 aliphatic heterocycles. The molecule has 0 bridgehead atoms. The monoisotopic (exact) mass is 267 g/mol. The van der Waals surface area contributed by atoms with Gasteiger partial charge in [0.25, 0.3) is 0 Å². The van der Waals surface area contributed by atoms with Crippen molar-refractivity contribution < 1.29 is 24.5 Å². The normalized spacial score (nSPS) is 22.4. The fourth-order valence-electron chi connectivity index (χ4n) is 1.91. The molecule has 2 atom stereocenters. The van der Waals surface area contributed by atoms with Crippen LogP contribution in [0.4, 0.5) is 4.79 Å². The molecule has 1 aromatic rings. The summed E-state index contributed by atoms with van der Waals surface area (Å²) < 4.78 is 10.1. The molecule has 2 N–H and O–H groups in total. The van der Waals surface area contributed by atoms with E-state index in [1.54, 1.807) is 31.4 Å². The molecule has 19 heavy (non-hydrogen) atoms. The van der Waals surface area contributed by atoms with Gasteiger partial charge in [0.2, 0.25) is 0 Å². The number of carbonyl (C=O) groups excluding carboxylic acids is 1. The van der Waals surface area contributed by atoms with Gasteiger partial charge in [-0.1, -0.05) is 12.1 Å². The van der Waals surface area contributed by atoms with Crippen molar-refractivity contribution in [2.24, 2.45) is 0 Å². The Morgan fingerprint density at radius 3 is 2.58 bits per heavy atom. The van der Waals surface area contributed by atoms with Crippen LogP contribution < -0.4 is 4.74 Å². The summed E-state index contributed by atoms with van der Waals surface area (Å²) in [5.74, 6) is 0.730. The van der Waals surface area contributed by atoms with E-state index in [0.29, 0.717) is 13.0 Å². The Balaban J connectivity index is 1.86. The van der Waals surface area contributed by atoms with Crippen LogP contribution >= 0.6 is 0 Å². The SMILES string of the molecule is COc1ccc(COC(=O)N2CC[C@@H](O)C2O)cc1. The summed E-state index contributed by atoms with van der Waals surface area (Å²) >= 11 is 0. The third-order valence-electron chi connectivity index (χ3n) is 3.09. The molecule has 1 aromatic carbocycles. The molecule has 1 fully saturated rings. The first-order valence-electron chi connectivity index (χ1n) is 6.04. The molecular formula is C13H17NO5. The van der Waals surface area contributed by atoms with Gasteiger partial charge in [0.15, 0.2) is 6.23 Å². The maximum atomic E-state index is 11.7. The number of amides is 1. The van der Waals surface area contributed by atoms with E-state index in [1.807, 2.05) is 0 Å². The first-order valence-corrected chi connectivity index (χ1v) is 6.04. The second-order valence-electron chi connectivity index (χ2n) is 4.37. The molecule has 6 nitrogen and oxygen atoms in total. The maximum Gasteiger partial charge on any atom is 0.412 e. The summed E-state index contributed by atoms with van der Waals surface area (Å²) in [6, 6.07) is 7.14. The van der Waals surface area contributed by atoms with Crippen molar-refractivity contribution >= 4 is 6.09 Å². The minimum absolute atomic E-state index is 0.113. The van der Waals surface area contributed by atoms with Crippen molar-refractivity contribution in [1.29, 1.82) is 0 Å². The standard InChI is InChI=1S/C13H17NO5/c1-18-10-4-2-9(3-5-10)8-19-13(17)14-7-6-11(15)12(14)16/h2-5,11-12,15-16H,6-8H2,1H3/t11-,12?/m1/s1. The molecule has 1 unspecified atom stereocenters. The number of carbonyl (C=O) groups is 1. The highest BCUT2D eigenvalue weighted by molar-refractivity contribution is 5.68. The molecule has 0 spiro atoms. The van der Waals surface area contributed by atoms with Gasteiger partial charge in [-0.15, -0.1) is 0 Å². The second kappa shape index (κ2) is 5.90. The highest BCUT2D eigenvalue weighted by Crippen LogP contribution is 2.18. The van der Waals surface area contributed by atoms with Crippen LogP contribution in [0.1, 0.15) is 12.0 Å². The van der Waals surface area contributed by atoms with Crippen LogP contribution in [0.15, 0.2) is 24.3 Å². The summed E-state index contributed by atoms with van der Waals surface area (Å²) in [7, 11) is 1.58. The van der Waals surface area contributed by atoms with Gasteiger partial charge in [-0.25, -0.2) is 4.79 Å². The number of likely N-dealkylation sites (tertiary alicyclic amines) is 1. The van der Waals surface area contributed by atoms with Gasteiger partial charge in [-0.2, -0.15) is 0 Å². The largest absolute Gasteiger partial charge is 0.497 e. The zero-order valence-electron chi connectivity index (χ0n) is 10.7. The fourth-order valence-corrected chi connectivity index (χ4v) is 1.91. The van der Waals surface area contributed by atoms with E-state index in [4.69, 9.17) is 9.47 Å².